The largest absolute Gasteiger partial charge is 0.352 e. The van der Waals surface area contributed by atoms with Gasteiger partial charge in [0.05, 0.1) is 10.6 Å². The second kappa shape index (κ2) is 15.0. The standard InChI is InChI=1S/C37H43N3O4S/c1-6-30(5)38-37(42)35(24-31-10-8-7-9-11-31)39(25-32-18-12-27(2)13-19-32)36(41)26-40(33-20-14-28(3)15-21-33)45(43,44)34-22-16-29(4)17-23-34/h7-23,30,35H,6,24-26H2,1-5H3,(H,38,42)/t30-,35+/m1/s1. The monoisotopic (exact) mass is 625 g/mol. The van der Waals surface area contributed by atoms with E-state index in [1.54, 1.807) is 36.4 Å². The van der Waals surface area contributed by atoms with Crippen molar-refractivity contribution in [2.24, 2.45) is 0 Å². The van der Waals surface area contributed by atoms with Crippen LogP contribution in [0, 0.1) is 20.8 Å². The van der Waals surface area contributed by atoms with Crippen LogP contribution in [0.1, 0.15) is 48.1 Å². The number of carbonyl (C=O) groups excluding carboxylic acids is 2. The number of hydrogen-bond donors (Lipinski definition) is 1. The van der Waals surface area contributed by atoms with Crippen molar-refractivity contribution >= 4 is 27.5 Å². The van der Waals surface area contributed by atoms with Gasteiger partial charge in [-0.1, -0.05) is 102 Å². The Balaban J connectivity index is 1.80. The zero-order chi connectivity index (χ0) is 32.6. The highest BCUT2D eigenvalue weighted by atomic mass is 32.2. The van der Waals surface area contributed by atoms with Crippen LogP contribution in [-0.2, 0) is 32.6 Å². The molecule has 0 aliphatic heterocycles. The lowest BCUT2D eigenvalue weighted by Gasteiger charge is -2.34. The molecule has 0 saturated heterocycles. The van der Waals surface area contributed by atoms with Gasteiger partial charge in [0.2, 0.25) is 11.8 Å². The number of hydrogen-bond acceptors (Lipinski definition) is 4. The molecule has 4 aromatic carbocycles. The van der Waals surface area contributed by atoms with Crippen molar-refractivity contribution in [3.8, 4) is 0 Å². The zero-order valence-electron chi connectivity index (χ0n) is 26.7. The van der Waals surface area contributed by atoms with Gasteiger partial charge in [-0.05, 0) is 69.5 Å². The van der Waals surface area contributed by atoms with E-state index >= 15 is 0 Å². The van der Waals surface area contributed by atoms with Crippen molar-refractivity contribution in [3.05, 3.63) is 131 Å². The van der Waals surface area contributed by atoms with Gasteiger partial charge in [-0.25, -0.2) is 8.42 Å². The highest BCUT2D eigenvalue weighted by Crippen LogP contribution is 2.26. The Morgan fingerprint density at radius 3 is 1.82 bits per heavy atom. The van der Waals surface area contributed by atoms with Gasteiger partial charge in [-0.15, -0.1) is 0 Å². The minimum Gasteiger partial charge on any atom is -0.352 e. The van der Waals surface area contributed by atoms with Crippen molar-refractivity contribution < 1.29 is 18.0 Å². The van der Waals surface area contributed by atoms with Crippen LogP contribution in [0.15, 0.2) is 108 Å². The van der Waals surface area contributed by atoms with E-state index < -0.39 is 28.5 Å². The number of nitrogens with one attached hydrogen (secondary N) is 1. The van der Waals surface area contributed by atoms with E-state index in [1.807, 2.05) is 101 Å². The summed E-state index contributed by atoms with van der Waals surface area (Å²) in [7, 11) is -4.13. The van der Waals surface area contributed by atoms with Crippen LogP contribution in [0.3, 0.4) is 0 Å². The lowest BCUT2D eigenvalue weighted by Crippen LogP contribution is -2.54. The molecule has 1 N–H and O–H groups in total. The number of amides is 2. The van der Waals surface area contributed by atoms with Crippen LogP contribution in [0.25, 0.3) is 0 Å². The molecule has 0 radical (unpaired) electrons. The van der Waals surface area contributed by atoms with Gasteiger partial charge in [-0.3, -0.25) is 13.9 Å². The van der Waals surface area contributed by atoms with Gasteiger partial charge >= 0.3 is 0 Å². The maximum absolute atomic E-state index is 14.5. The fourth-order valence-electron chi connectivity index (χ4n) is 4.96. The van der Waals surface area contributed by atoms with E-state index in [9.17, 15) is 18.0 Å². The van der Waals surface area contributed by atoms with E-state index in [2.05, 4.69) is 5.32 Å². The van der Waals surface area contributed by atoms with Gasteiger partial charge in [0.25, 0.3) is 10.0 Å². The molecule has 0 aromatic heterocycles. The van der Waals surface area contributed by atoms with Crippen molar-refractivity contribution in [2.75, 3.05) is 10.8 Å². The number of carbonyl (C=O) groups is 2. The highest BCUT2D eigenvalue weighted by molar-refractivity contribution is 7.92. The number of anilines is 1. The predicted octanol–water partition coefficient (Wildman–Crippen LogP) is 6.36. The molecule has 0 spiro atoms. The fourth-order valence-corrected chi connectivity index (χ4v) is 6.38. The highest BCUT2D eigenvalue weighted by Gasteiger charge is 2.35. The van der Waals surface area contributed by atoms with Crippen LogP contribution in [0.4, 0.5) is 5.69 Å². The molecular weight excluding hydrogens is 582 g/mol. The lowest BCUT2D eigenvalue weighted by molar-refractivity contribution is -0.140. The maximum atomic E-state index is 14.5. The minimum absolute atomic E-state index is 0.0851. The van der Waals surface area contributed by atoms with Crippen LogP contribution in [0.2, 0.25) is 0 Å². The molecule has 0 fully saturated rings. The first-order valence-corrected chi connectivity index (χ1v) is 16.8. The summed E-state index contributed by atoms with van der Waals surface area (Å²) in [5, 5.41) is 3.07. The molecule has 0 unspecified atom stereocenters. The second-order valence-electron chi connectivity index (χ2n) is 11.7. The number of aryl methyl sites for hydroxylation is 3. The molecule has 0 heterocycles. The first-order chi connectivity index (χ1) is 21.5. The summed E-state index contributed by atoms with van der Waals surface area (Å²) < 4.78 is 29.4. The van der Waals surface area contributed by atoms with Crippen molar-refractivity contribution in [3.63, 3.8) is 0 Å². The molecule has 0 saturated carbocycles. The summed E-state index contributed by atoms with van der Waals surface area (Å²) in [6, 6.07) is 30.0. The SMILES string of the molecule is CC[C@@H](C)NC(=O)[C@H](Cc1ccccc1)N(Cc1ccc(C)cc1)C(=O)CN(c1ccc(C)cc1)S(=O)(=O)c1ccc(C)cc1. The third-order valence-corrected chi connectivity index (χ3v) is 9.74. The molecule has 4 aromatic rings. The van der Waals surface area contributed by atoms with E-state index in [0.29, 0.717) is 5.69 Å². The second-order valence-corrected chi connectivity index (χ2v) is 13.6. The molecule has 8 heteroatoms. The quantitative estimate of drug-likeness (QED) is 0.187. The number of nitrogens with zero attached hydrogens (tertiary/aromatic N) is 2. The normalized spacial score (nSPS) is 12.6. The topological polar surface area (TPSA) is 86.8 Å². The van der Waals surface area contributed by atoms with Crippen LogP contribution in [0.5, 0.6) is 0 Å². The van der Waals surface area contributed by atoms with Crippen LogP contribution >= 0.6 is 0 Å². The summed E-state index contributed by atoms with van der Waals surface area (Å²) in [4.78, 5) is 30.1. The van der Waals surface area contributed by atoms with E-state index in [4.69, 9.17) is 0 Å². The number of benzene rings is 4. The minimum atomic E-state index is -4.13. The van der Waals surface area contributed by atoms with Gasteiger partial charge in [0.1, 0.15) is 12.6 Å². The Morgan fingerprint density at radius 1 is 0.733 bits per heavy atom. The van der Waals surface area contributed by atoms with Gasteiger partial charge in [0.15, 0.2) is 0 Å². The Morgan fingerprint density at radius 2 is 1.27 bits per heavy atom. The summed E-state index contributed by atoms with van der Waals surface area (Å²) >= 11 is 0. The summed E-state index contributed by atoms with van der Waals surface area (Å²) in [6.45, 7) is 9.36. The Labute approximate surface area is 268 Å². The zero-order valence-corrected chi connectivity index (χ0v) is 27.6. The molecule has 236 valence electrons. The average molecular weight is 626 g/mol. The van der Waals surface area contributed by atoms with Crippen molar-refractivity contribution in [2.45, 2.75) is 71.0 Å². The lowest BCUT2D eigenvalue weighted by atomic mass is 10.0. The molecule has 7 nitrogen and oxygen atoms in total. The smallest absolute Gasteiger partial charge is 0.264 e. The first kappa shape index (κ1) is 33.5. The Bertz CT molecular complexity index is 1670. The van der Waals surface area contributed by atoms with Gasteiger partial charge in [0, 0.05) is 19.0 Å². The molecule has 45 heavy (non-hydrogen) atoms. The van der Waals surface area contributed by atoms with E-state index in [0.717, 1.165) is 38.5 Å². The van der Waals surface area contributed by atoms with Gasteiger partial charge < -0.3 is 10.2 Å². The van der Waals surface area contributed by atoms with Crippen LogP contribution < -0.4 is 9.62 Å². The molecule has 0 aliphatic rings. The molecule has 2 atom stereocenters. The third kappa shape index (κ3) is 8.82. The first-order valence-electron chi connectivity index (χ1n) is 15.3. The van der Waals surface area contributed by atoms with E-state index in [1.165, 1.54) is 4.90 Å². The number of rotatable bonds is 13. The fraction of sp³-hybridized carbons (Fsp3) is 0.297. The molecule has 2 amide bonds. The van der Waals surface area contributed by atoms with Crippen molar-refractivity contribution in [1.82, 2.24) is 10.2 Å². The third-order valence-electron chi connectivity index (χ3n) is 7.96. The Kier molecular flexibility index (Phi) is 11.2. The molecule has 4 rings (SSSR count). The average Bonchev–Trinajstić information content (AvgIpc) is 3.03. The van der Waals surface area contributed by atoms with Crippen LogP contribution in [-0.4, -0.2) is 43.8 Å². The van der Waals surface area contributed by atoms with Crippen molar-refractivity contribution in [1.29, 1.82) is 0 Å². The predicted molar refractivity (Wildman–Crippen MR) is 180 cm³/mol. The van der Waals surface area contributed by atoms with E-state index in [-0.39, 0.29) is 29.8 Å². The summed E-state index contributed by atoms with van der Waals surface area (Å²) in [5.74, 6) is -0.760. The summed E-state index contributed by atoms with van der Waals surface area (Å²) in [5.41, 5.74) is 5.06. The molecule has 0 bridgehead atoms. The Hall–Kier alpha value is -4.43. The van der Waals surface area contributed by atoms with Gasteiger partial charge in [-0.2, -0.15) is 0 Å². The summed E-state index contributed by atoms with van der Waals surface area (Å²) in [6.07, 6.45) is 1.00. The molecule has 0 aliphatic carbocycles. The molecular formula is C37H43N3O4S. The number of sulfonamides is 1. The maximum Gasteiger partial charge on any atom is 0.264 e.